The highest BCUT2D eigenvalue weighted by atomic mass is 19.1. The zero-order chi connectivity index (χ0) is 19.3. The van der Waals surface area contributed by atoms with Crippen molar-refractivity contribution in [1.29, 1.82) is 0 Å². The average molecular weight is 384 g/mol. The number of aromatic nitrogens is 2. The smallest absolute Gasteiger partial charge is 0.257 e. The van der Waals surface area contributed by atoms with Gasteiger partial charge in [0.2, 0.25) is 5.95 Å². The molecule has 7 heteroatoms. The molecule has 3 aliphatic rings. The number of rotatable bonds is 1. The van der Waals surface area contributed by atoms with Gasteiger partial charge in [-0.25, -0.2) is 4.39 Å². The van der Waals surface area contributed by atoms with Gasteiger partial charge in [0.1, 0.15) is 17.4 Å². The van der Waals surface area contributed by atoms with Crippen molar-refractivity contribution in [2.45, 2.75) is 50.4 Å². The van der Waals surface area contributed by atoms with Crippen molar-refractivity contribution in [3.63, 3.8) is 0 Å². The fraction of sp³-hybridized carbons (Fsp3) is 0.524. The lowest BCUT2D eigenvalue weighted by Gasteiger charge is -2.45. The normalized spacial score (nSPS) is 20.4. The molecule has 0 atom stereocenters. The highest BCUT2D eigenvalue weighted by molar-refractivity contribution is 5.50. The minimum absolute atomic E-state index is 0.00840. The second-order valence-electron chi connectivity index (χ2n) is 8.33. The van der Waals surface area contributed by atoms with Crippen LogP contribution >= 0.6 is 0 Å². The summed E-state index contributed by atoms with van der Waals surface area (Å²) in [6, 6.07) is 2.96. The van der Waals surface area contributed by atoms with Crippen LogP contribution in [0.5, 0.6) is 5.75 Å². The Hall–Kier alpha value is -2.57. The molecule has 0 bridgehead atoms. The van der Waals surface area contributed by atoms with Gasteiger partial charge in [-0.1, -0.05) is 0 Å². The highest BCUT2D eigenvalue weighted by Crippen LogP contribution is 2.47. The van der Waals surface area contributed by atoms with Crippen LogP contribution in [0.4, 0.5) is 16.2 Å². The van der Waals surface area contributed by atoms with E-state index in [1.165, 1.54) is 6.07 Å². The molecule has 1 fully saturated rings. The summed E-state index contributed by atoms with van der Waals surface area (Å²) < 4.78 is 14.8. The quantitative estimate of drug-likeness (QED) is 0.704. The van der Waals surface area contributed by atoms with Crippen molar-refractivity contribution in [2.75, 3.05) is 29.9 Å². The molecule has 3 N–H and O–H groups in total. The van der Waals surface area contributed by atoms with E-state index >= 15 is 0 Å². The van der Waals surface area contributed by atoms with Crippen molar-refractivity contribution in [3.05, 3.63) is 45.0 Å². The van der Waals surface area contributed by atoms with Gasteiger partial charge in [-0.05, 0) is 62.1 Å². The van der Waals surface area contributed by atoms with Crippen LogP contribution in [0.1, 0.15) is 48.8 Å². The lowest BCUT2D eigenvalue weighted by atomic mass is 9.64. The van der Waals surface area contributed by atoms with E-state index in [4.69, 9.17) is 0 Å². The predicted molar refractivity (Wildman–Crippen MR) is 106 cm³/mol. The minimum Gasteiger partial charge on any atom is -0.508 e. The molecule has 2 aromatic rings. The van der Waals surface area contributed by atoms with E-state index in [-0.39, 0.29) is 22.5 Å². The number of halogens is 1. The van der Waals surface area contributed by atoms with E-state index < -0.39 is 0 Å². The Balaban J connectivity index is 1.42. The summed E-state index contributed by atoms with van der Waals surface area (Å²) in [6.45, 7) is 2.29. The van der Waals surface area contributed by atoms with Crippen LogP contribution in [0.3, 0.4) is 0 Å². The predicted octanol–water partition coefficient (Wildman–Crippen LogP) is 2.85. The summed E-state index contributed by atoms with van der Waals surface area (Å²) >= 11 is 0. The molecule has 5 rings (SSSR count). The summed E-state index contributed by atoms with van der Waals surface area (Å²) in [5.74, 6) is 1.03. The van der Waals surface area contributed by atoms with E-state index in [0.29, 0.717) is 11.8 Å². The third kappa shape index (κ3) is 2.75. The monoisotopic (exact) mass is 384 g/mol. The molecule has 3 heterocycles. The van der Waals surface area contributed by atoms with Gasteiger partial charge < -0.3 is 15.3 Å². The number of hydrogen-bond acceptors (Lipinski definition) is 5. The fourth-order valence-corrected chi connectivity index (χ4v) is 5.31. The molecule has 28 heavy (non-hydrogen) atoms. The molecule has 1 spiro atoms. The Morgan fingerprint density at radius 2 is 1.96 bits per heavy atom. The van der Waals surface area contributed by atoms with E-state index in [1.54, 1.807) is 6.07 Å². The van der Waals surface area contributed by atoms with Gasteiger partial charge in [0, 0.05) is 31.1 Å². The molecular weight excluding hydrogens is 359 g/mol. The van der Waals surface area contributed by atoms with Gasteiger partial charge in [-0.2, -0.15) is 4.98 Å². The van der Waals surface area contributed by atoms with Crippen LogP contribution in [0.2, 0.25) is 0 Å². The number of hydrogen-bond donors (Lipinski definition) is 3. The highest BCUT2D eigenvalue weighted by Gasteiger charge is 2.42. The Bertz CT molecular complexity index is 979. The first-order valence-corrected chi connectivity index (χ1v) is 10.2. The van der Waals surface area contributed by atoms with E-state index in [2.05, 4.69) is 20.2 Å². The first-order valence-electron chi connectivity index (χ1n) is 10.2. The zero-order valence-electron chi connectivity index (χ0n) is 15.9. The number of aromatic hydroxyl groups is 1. The van der Waals surface area contributed by atoms with Crippen molar-refractivity contribution in [1.82, 2.24) is 9.97 Å². The number of aryl methyl sites for hydroxylation is 1. The number of H-pyrrole nitrogens is 1. The van der Waals surface area contributed by atoms with Crippen LogP contribution in [-0.2, 0) is 18.3 Å². The second kappa shape index (κ2) is 6.50. The molecule has 148 valence electrons. The summed E-state index contributed by atoms with van der Waals surface area (Å²) in [5.41, 5.74) is 2.24. The molecule has 6 nitrogen and oxygen atoms in total. The second-order valence-corrected chi connectivity index (χ2v) is 8.33. The topological polar surface area (TPSA) is 81.2 Å². The Morgan fingerprint density at radius 3 is 2.79 bits per heavy atom. The molecule has 0 amide bonds. The molecule has 1 aliphatic carbocycles. The van der Waals surface area contributed by atoms with E-state index in [9.17, 15) is 14.3 Å². The lowest BCUT2D eigenvalue weighted by Crippen LogP contribution is -2.46. The molecule has 0 radical (unpaired) electrons. The van der Waals surface area contributed by atoms with Crippen LogP contribution in [-0.4, -0.2) is 34.7 Å². The van der Waals surface area contributed by atoms with Crippen molar-refractivity contribution < 1.29 is 9.50 Å². The maximum Gasteiger partial charge on any atom is 0.257 e. The Morgan fingerprint density at radius 1 is 1.14 bits per heavy atom. The number of anilines is 2. The van der Waals surface area contributed by atoms with Crippen molar-refractivity contribution >= 4 is 11.8 Å². The number of aromatic amines is 1. The van der Waals surface area contributed by atoms with Gasteiger partial charge in [-0.3, -0.25) is 9.78 Å². The summed E-state index contributed by atoms with van der Waals surface area (Å²) in [7, 11) is 0. The number of benzene rings is 1. The fourth-order valence-electron chi connectivity index (χ4n) is 5.31. The van der Waals surface area contributed by atoms with Crippen molar-refractivity contribution in [3.8, 4) is 5.75 Å². The number of phenolic OH excluding ortho intramolecular Hbond substituents is 1. The van der Waals surface area contributed by atoms with E-state index in [1.807, 2.05) is 0 Å². The number of fused-ring (bicyclic) bond motifs is 3. The average Bonchev–Trinajstić information content (AvgIpc) is 2.68. The Labute approximate surface area is 162 Å². The summed E-state index contributed by atoms with van der Waals surface area (Å²) in [5, 5.41) is 13.0. The van der Waals surface area contributed by atoms with Crippen LogP contribution in [0.25, 0.3) is 0 Å². The number of phenols is 1. The molecular formula is C21H25FN4O2. The van der Waals surface area contributed by atoms with Crippen LogP contribution in [0, 0.1) is 5.82 Å². The van der Waals surface area contributed by atoms with E-state index in [0.717, 1.165) is 81.3 Å². The molecule has 1 saturated heterocycles. The van der Waals surface area contributed by atoms with Gasteiger partial charge >= 0.3 is 0 Å². The molecule has 1 aromatic heterocycles. The standard InChI is InChI=1S/C21H25FN4O2/c22-16-12-14(27)11-13-3-1-5-21(17(13)16)6-9-26(10-7-21)20-24-18-15(19(28)25-20)4-2-8-23-18/h11-12,27H,1-10H2,(H2,23,24,25,28). The zero-order valence-corrected chi connectivity index (χ0v) is 15.9. The first-order chi connectivity index (χ1) is 13.6. The summed E-state index contributed by atoms with van der Waals surface area (Å²) in [6.07, 6.45) is 6.13. The number of nitrogens with one attached hydrogen (secondary N) is 2. The van der Waals surface area contributed by atoms with Crippen LogP contribution < -0.4 is 15.8 Å². The lowest BCUT2D eigenvalue weighted by molar-refractivity contribution is 0.274. The summed E-state index contributed by atoms with van der Waals surface area (Å²) in [4.78, 5) is 22.1. The SMILES string of the molecule is O=c1[nH]c(N2CCC3(CCCc4cc(O)cc(F)c43)CC2)nc2c1CCCN2. The molecule has 0 unspecified atom stereocenters. The van der Waals surface area contributed by atoms with Gasteiger partial charge in [-0.15, -0.1) is 0 Å². The number of nitrogens with zero attached hydrogens (tertiary/aromatic N) is 2. The van der Waals surface area contributed by atoms with Gasteiger partial charge in [0.25, 0.3) is 5.56 Å². The maximum absolute atomic E-state index is 14.8. The van der Waals surface area contributed by atoms with Crippen LogP contribution in [0.15, 0.2) is 16.9 Å². The maximum atomic E-state index is 14.8. The number of piperidine rings is 1. The van der Waals surface area contributed by atoms with Crippen molar-refractivity contribution in [2.24, 2.45) is 0 Å². The third-order valence-corrected chi connectivity index (χ3v) is 6.71. The molecule has 0 saturated carbocycles. The largest absolute Gasteiger partial charge is 0.508 e. The first kappa shape index (κ1) is 17.5. The Kier molecular flexibility index (Phi) is 4.07. The minimum atomic E-state index is -0.285. The molecule has 1 aromatic carbocycles. The molecule has 2 aliphatic heterocycles. The van der Waals surface area contributed by atoms with Gasteiger partial charge in [0.05, 0.1) is 5.56 Å². The van der Waals surface area contributed by atoms with Gasteiger partial charge in [0.15, 0.2) is 0 Å². The third-order valence-electron chi connectivity index (χ3n) is 6.71.